The van der Waals surface area contributed by atoms with Crippen LogP contribution in [0.2, 0.25) is 0 Å². The molecule has 0 saturated carbocycles. The third-order valence-electron chi connectivity index (χ3n) is 2.87. The van der Waals surface area contributed by atoms with Crippen molar-refractivity contribution in [3.8, 4) is 0 Å². The number of hydrogen-bond acceptors (Lipinski definition) is 2. The van der Waals surface area contributed by atoms with Gasteiger partial charge in [-0.25, -0.2) is 4.79 Å². The number of nitrogens with one attached hydrogen (secondary N) is 1. The molecule has 1 heterocycles. The Morgan fingerprint density at radius 3 is 2.59 bits per heavy atom. The van der Waals surface area contributed by atoms with Crippen LogP contribution in [0.5, 0.6) is 0 Å². The summed E-state index contributed by atoms with van der Waals surface area (Å²) in [6.07, 6.45) is -0.370. The topological polar surface area (TPSA) is 69.6 Å². The number of carbonyl (C=O) groups is 2. The zero-order chi connectivity index (χ0) is 12.3. The molecule has 1 saturated heterocycles. The predicted molar refractivity (Wildman–Crippen MR) is 62.8 cm³/mol. The predicted octanol–water partition coefficient (Wildman–Crippen LogP) is 1.62. The lowest BCUT2D eigenvalue weighted by atomic mass is 10.1. The average molecular weight is 234 g/mol. The number of para-hydroxylation sites is 1. The Morgan fingerprint density at radius 1 is 1.29 bits per heavy atom. The maximum atomic E-state index is 11.9. The summed E-state index contributed by atoms with van der Waals surface area (Å²) in [5, 5.41) is 11.6. The Kier molecular flexibility index (Phi) is 3.27. The first-order valence-electron chi connectivity index (χ1n) is 5.50. The third-order valence-corrected chi connectivity index (χ3v) is 2.87. The Labute approximate surface area is 99.0 Å². The van der Waals surface area contributed by atoms with Crippen LogP contribution in [-0.2, 0) is 4.79 Å². The van der Waals surface area contributed by atoms with Crippen molar-refractivity contribution in [1.29, 1.82) is 0 Å². The van der Waals surface area contributed by atoms with Crippen LogP contribution in [0.25, 0.3) is 0 Å². The summed E-state index contributed by atoms with van der Waals surface area (Å²) in [5.74, 6) is -0.355. The summed E-state index contributed by atoms with van der Waals surface area (Å²) < 4.78 is 0. The smallest absolute Gasteiger partial charge is 0.407 e. The van der Waals surface area contributed by atoms with Crippen LogP contribution in [0.1, 0.15) is 6.42 Å². The molecule has 2 rings (SSSR count). The van der Waals surface area contributed by atoms with E-state index in [2.05, 4.69) is 5.32 Å². The molecular weight excluding hydrogens is 220 g/mol. The number of rotatable bonds is 2. The van der Waals surface area contributed by atoms with Gasteiger partial charge in [-0.05, 0) is 18.6 Å². The Hall–Kier alpha value is -2.04. The van der Waals surface area contributed by atoms with Gasteiger partial charge in [-0.3, -0.25) is 4.79 Å². The number of carboxylic acid groups (broad SMARTS) is 1. The summed E-state index contributed by atoms with van der Waals surface area (Å²) in [4.78, 5) is 23.8. The molecule has 0 aliphatic carbocycles. The third kappa shape index (κ3) is 2.75. The molecule has 1 aliphatic heterocycles. The Bertz CT molecular complexity index is 419. The molecule has 2 N–H and O–H groups in total. The van der Waals surface area contributed by atoms with Crippen LogP contribution < -0.4 is 5.32 Å². The van der Waals surface area contributed by atoms with Gasteiger partial charge in [-0.15, -0.1) is 0 Å². The molecule has 1 aromatic rings. The maximum Gasteiger partial charge on any atom is 0.407 e. The number of hydrogen-bond donors (Lipinski definition) is 2. The van der Waals surface area contributed by atoms with Crippen molar-refractivity contribution in [2.24, 2.45) is 5.92 Å². The average Bonchev–Trinajstić information content (AvgIpc) is 2.79. The molecule has 90 valence electrons. The molecule has 2 amide bonds. The molecule has 0 bridgehead atoms. The molecule has 1 aliphatic rings. The van der Waals surface area contributed by atoms with Crippen LogP contribution in [0.4, 0.5) is 10.5 Å². The lowest BCUT2D eigenvalue weighted by Crippen LogP contribution is -2.30. The summed E-state index contributed by atoms with van der Waals surface area (Å²) in [6.45, 7) is 0.718. The standard InChI is InChI=1S/C12H14N2O3/c15-11(13-10-4-2-1-3-5-10)9-6-7-14(8-9)12(16)17/h1-5,9H,6-8H2,(H,13,15)(H,16,17)/t9-/m1/s1. The zero-order valence-corrected chi connectivity index (χ0v) is 9.30. The van der Waals surface area contributed by atoms with Crippen molar-refractivity contribution >= 4 is 17.7 Å². The van der Waals surface area contributed by atoms with Crippen LogP contribution in [0, 0.1) is 5.92 Å². The van der Waals surface area contributed by atoms with Gasteiger partial charge < -0.3 is 15.3 Å². The molecule has 0 spiro atoms. The maximum absolute atomic E-state index is 11.9. The second-order valence-corrected chi connectivity index (χ2v) is 4.07. The van der Waals surface area contributed by atoms with Crippen LogP contribution in [0.3, 0.4) is 0 Å². The highest BCUT2D eigenvalue weighted by molar-refractivity contribution is 5.93. The van der Waals surface area contributed by atoms with Crippen molar-refractivity contribution in [1.82, 2.24) is 4.90 Å². The van der Waals surface area contributed by atoms with Crippen LogP contribution in [-0.4, -0.2) is 35.1 Å². The van der Waals surface area contributed by atoms with E-state index >= 15 is 0 Å². The zero-order valence-electron chi connectivity index (χ0n) is 9.30. The largest absolute Gasteiger partial charge is 0.465 e. The van der Waals surface area contributed by atoms with E-state index in [0.29, 0.717) is 13.0 Å². The first kappa shape index (κ1) is 11.4. The fourth-order valence-electron chi connectivity index (χ4n) is 1.91. The van der Waals surface area contributed by atoms with Crippen molar-refractivity contribution < 1.29 is 14.7 Å². The van der Waals surface area contributed by atoms with Crippen molar-refractivity contribution in [3.05, 3.63) is 30.3 Å². The van der Waals surface area contributed by atoms with E-state index in [1.807, 2.05) is 30.3 Å². The quantitative estimate of drug-likeness (QED) is 0.817. The van der Waals surface area contributed by atoms with Crippen molar-refractivity contribution in [2.75, 3.05) is 18.4 Å². The molecular formula is C12H14N2O3. The van der Waals surface area contributed by atoms with E-state index in [-0.39, 0.29) is 18.4 Å². The Morgan fingerprint density at radius 2 is 2.00 bits per heavy atom. The normalized spacial score (nSPS) is 19.1. The number of benzene rings is 1. The minimum atomic E-state index is -0.958. The molecule has 1 atom stereocenters. The van der Waals surface area contributed by atoms with Gasteiger partial charge in [0, 0.05) is 18.8 Å². The second-order valence-electron chi connectivity index (χ2n) is 4.07. The van der Waals surface area contributed by atoms with Gasteiger partial charge in [0.25, 0.3) is 0 Å². The van der Waals surface area contributed by atoms with E-state index in [0.717, 1.165) is 5.69 Å². The van der Waals surface area contributed by atoms with Crippen molar-refractivity contribution in [3.63, 3.8) is 0 Å². The molecule has 0 unspecified atom stereocenters. The Balaban J connectivity index is 1.92. The van der Waals surface area contributed by atoms with Gasteiger partial charge in [0.05, 0.1) is 5.92 Å². The first-order chi connectivity index (χ1) is 8.16. The van der Waals surface area contributed by atoms with Gasteiger partial charge in [0.2, 0.25) is 5.91 Å². The lowest BCUT2D eigenvalue weighted by molar-refractivity contribution is -0.119. The highest BCUT2D eigenvalue weighted by atomic mass is 16.4. The highest BCUT2D eigenvalue weighted by Gasteiger charge is 2.30. The van der Waals surface area contributed by atoms with Gasteiger partial charge in [-0.1, -0.05) is 18.2 Å². The number of anilines is 1. The van der Waals surface area contributed by atoms with Gasteiger partial charge in [0.1, 0.15) is 0 Å². The van der Waals surface area contributed by atoms with Crippen LogP contribution >= 0.6 is 0 Å². The molecule has 1 aromatic carbocycles. The lowest BCUT2D eigenvalue weighted by Gasteiger charge is -2.12. The van der Waals surface area contributed by atoms with Gasteiger partial charge in [-0.2, -0.15) is 0 Å². The molecule has 0 aromatic heterocycles. The first-order valence-corrected chi connectivity index (χ1v) is 5.50. The molecule has 17 heavy (non-hydrogen) atoms. The van der Waals surface area contributed by atoms with E-state index in [1.54, 1.807) is 0 Å². The number of amides is 2. The SMILES string of the molecule is O=C(Nc1ccccc1)[C@@H]1CCN(C(=O)O)C1. The van der Waals surface area contributed by atoms with Crippen LogP contribution in [0.15, 0.2) is 30.3 Å². The van der Waals surface area contributed by atoms with E-state index in [1.165, 1.54) is 4.90 Å². The minimum absolute atomic E-state index is 0.111. The van der Waals surface area contributed by atoms with E-state index in [4.69, 9.17) is 5.11 Å². The van der Waals surface area contributed by atoms with Gasteiger partial charge >= 0.3 is 6.09 Å². The number of nitrogens with zero attached hydrogens (tertiary/aromatic N) is 1. The minimum Gasteiger partial charge on any atom is -0.465 e. The molecule has 0 radical (unpaired) electrons. The summed E-state index contributed by atoms with van der Waals surface area (Å²) in [5.41, 5.74) is 0.742. The number of likely N-dealkylation sites (tertiary alicyclic amines) is 1. The summed E-state index contributed by atoms with van der Waals surface area (Å²) in [6, 6.07) is 9.17. The molecule has 5 heteroatoms. The molecule has 1 fully saturated rings. The summed E-state index contributed by atoms with van der Waals surface area (Å²) >= 11 is 0. The van der Waals surface area contributed by atoms with E-state index in [9.17, 15) is 9.59 Å². The monoisotopic (exact) mass is 234 g/mol. The fourth-order valence-corrected chi connectivity index (χ4v) is 1.91. The number of carbonyl (C=O) groups excluding carboxylic acids is 1. The summed E-state index contributed by atoms with van der Waals surface area (Å²) in [7, 11) is 0. The second kappa shape index (κ2) is 4.86. The van der Waals surface area contributed by atoms with E-state index < -0.39 is 6.09 Å². The van der Waals surface area contributed by atoms with Gasteiger partial charge in [0.15, 0.2) is 0 Å². The fraction of sp³-hybridized carbons (Fsp3) is 0.333. The molecule has 5 nitrogen and oxygen atoms in total. The van der Waals surface area contributed by atoms with Crippen molar-refractivity contribution in [2.45, 2.75) is 6.42 Å². The highest BCUT2D eigenvalue weighted by Crippen LogP contribution is 2.18.